The molecule has 1 aliphatic heterocycles. The van der Waals surface area contributed by atoms with Crippen molar-refractivity contribution in [2.24, 2.45) is 0 Å². The smallest absolute Gasteiger partial charge is 0.253 e. The first-order valence-electron chi connectivity index (χ1n) is 9.25. The van der Waals surface area contributed by atoms with Crippen molar-refractivity contribution in [2.45, 2.75) is 19.1 Å². The predicted molar refractivity (Wildman–Crippen MR) is 112 cm³/mol. The largest absolute Gasteiger partial charge is 0.494 e. The van der Waals surface area contributed by atoms with Crippen molar-refractivity contribution in [1.29, 1.82) is 0 Å². The molecular weight excluding hydrogens is 418 g/mol. The summed E-state index contributed by atoms with van der Waals surface area (Å²) in [5.74, 6) is -0.875. The number of methoxy groups -OCH3 is 2. The molecule has 3 rings (SSSR count). The molecular formula is C21H25ClF2N2O4. The minimum absolute atomic E-state index is 0. The average Bonchev–Trinajstić information content (AvgIpc) is 2.73. The van der Waals surface area contributed by atoms with Crippen molar-refractivity contribution < 1.29 is 27.8 Å². The summed E-state index contributed by atoms with van der Waals surface area (Å²) in [7, 11) is 2.81. The molecule has 0 aliphatic carbocycles. The van der Waals surface area contributed by atoms with Crippen LogP contribution < -0.4 is 19.7 Å². The Morgan fingerprint density at radius 2 is 1.87 bits per heavy atom. The van der Waals surface area contributed by atoms with Crippen molar-refractivity contribution in [2.75, 3.05) is 38.8 Å². The lowest BCUT2D eigenvalue weighted by Gasteiger charge is -2.33. The summed E-state index contributed by atoms with van der Waals surface area (Å²) < 4.78 is 43.2. The molecule has 9 heteroatoms. The molecule has 30 heavy (non-hydrogen) atoms. The van der Waals surface area contributed by atoms with E-state index in [0.717, 1.165) is 5.56 Å². The van der Waals surface area contributed by atoms with Crippen molar-refractivity contribution in [3.8, 4) is 11.5 Å². The summed E-state index contributed by atoms with van der Waals surface area (Å²) in [5.41, 5.74) is 1.32. The van der Waals surface area contributed by atoms with Gasteiger partial charge in [0.05, 0.1) is 26.9 Å². The molecule has 0 aromatic heterocycles. The van der Waals surface area contributed by atoms with Gasteiger partial charge in [-0.2, -0.15) is 0 Å². The third kappa shape index (κ3) is 5.38. The lowest BCUT2D eigenvalue weighted by atomic mass is 10.1. The molecule has 164 valence electrons. The molecule has 1 unspecified atom stereocenters. The minimum atomic E-state index is -0.530. The molecule has 0 saturated carbocycles. The van der Waals surface area contributed by atoms with E-state index in [1.807, 2.05) is 6.92 Å². The highest BCUT2D eigenvalue weighted by molar-refractivity contribution is 5.95. The third-order valence-electron chi connectivity index (χ3n) is 4.90. The van der Waals surface area contributed by atoms with Crippen LogP contribution in [0.4, 0.5) is 14.5 Å². The number of hydrogen-bond donors (Lipinski definition) is 1. The summed E-state index contributed by atoms with van der Waals surface area (Å²) in [6, 6.07) is 9.02. The van der Waals surface area contributed by atoms with E-state index in [2.05, 4.69) is 5.32 Å². The zero-order valence-corrected chi connectivity index (χ0v) is 17.8. The van der Waals surface area contributed by atoms with Gasteiger partial charge >= 0.3 is 0 Å². The first-order chi connectivity index (χ1) is 13.9. The number of amides is 1. The fourth-order valence-electron chi connectivity index (χ4n) is 3.19. The molecule has 2 aromatic carbocycles. The van der Waals surface area contributed by atoms with E-state index < -0.39 is 11.6 Å². The second-order valence-electron chi connectivity index (χ2n) is 6.78. The SMILES string of the molecule is COc1ccc(N2CC(CN[C@H](C)c3ccc(F)c(OC)c3)OCC2=O)cc1F.Cl. The Morgan fingerprint density at radius 3 is 2.53 bits per heavy atom. The highest BCUT2D eigenvalue weighted by Gasteiger charge is 2.28. The Morgan fingerprint density at radius 1 is 1.13 bits per heavy atom. The van der Waals surface area contributed by atoms with E-state index in [1.54, 1.807) is 18.2 Å². The number of anilines is 1. The first-order valence-corrected chi connectivity index (χ1v) is 9.25. The average molecular weight is 443 g/mol. The van der Waals surface area contributed by atoms with Gasteiger partial charge in [-0.25, -0.2) is 8.78 Å². The van der Waals surface area contributed by atoms with Crippen LogP contribution in [0.2, 0.25) is 0 Å². The van der Waals surface area contributed by atoms with E-state index in [1.165, 1.54) is 37.3 Å². The molecule has 1 saturated heterocycles. The molecule has 6 nitrogen and oxygen atoms in total. The topological polar surface area (TPSA) is 60.0 Å². The van der Waals surface area contributed by atoms with Crippen LogP contribution in [0, 0.1) is 11.6 Å². The Balaban J connectivity index is 0.00000320. The zero-order chi connectivity index (χ0) is 21.0. The molecule has 1 heterocycles. The number of hydrogen-bond acceptors (Lipinski definition) is 5. The first kappa shape index (κ1) is 23.9. The number of benzene rings is 2. The highest BCUT2D eigenvalue weighted by atomic mass is 35.5. The summed E-state index contributed by atoms with van der Waals surface area (Å²) in [6.45, 7) is 2.61. The van der Waals surface area contributed by atoms with Crippen LogP contribution in [0.25, 0.3) is 0 Å². The Labute approximate surface area is 180 Å². The molecule has 1 aliphatic rings. The molecule has 2 aromatic rings. The molecule has 1 N–H and O–H groups in total. The Bertz CT molecular complexity index is 884. The second kappa shape index (κ2) is 10.6. The minimum Gasteiger partial charge on any atom is -0.494 e. The van der Waals surface area contributed by atoms with Gasteiger partial charge in [-0.05, 0) is 36.8 Å². The maximum Gasteiger partial charge on any atom is 0.253 e. The van der Waals surface area contributed by atoms with E-state index in [4.69, 9.17) is 14.2 Å². The number of ether oxygens (including phenoxy) is 3. The van der Waals surface area contributed by atoms with Crippen molar-refractivity contribution >= 4 is 24.0 Å². The van der Waals surface area contributed by atoms with Crippen LogP contribution in [0.3, 0.4) is 0 Å². The van der Waals surface area contributed by atoms with Crippen molar-refractivity contribution in [1.82, 2.24) is 5.32 Å². The number of morpholine rings is 1. The van der Waals surface area contributed by atoms with Gasteiger partial charge in [0.1, 0.15) is 6.61 Å². The quantitative estimate of drug-likeness (QED) is 0.711. The third-order valence-corrected chi connectivity index (χ3v) is 4.90. The van der Waals surface area contributed by atoms with Gasteiger partial charge in [0.15, 0.2) is 23.1 Å². The number of carbonyl (C=O) groups is 1. The number of halogens is 3. The van der Waals surface area contributed by atoms with Gasteiger partial charge < -0.3 is 24.4 Å². The highest BCUT2D eigenvalue weighted by Crippen LogP contribution is 2.26. The zero-order valence-electron chi connectivity index (χ0n) is 17.0. The Hall–Kier alpha value is -2.42. The summed E-state index contributed by atoms with van der Waals surface area (Å²) in [5, 5.41) is 3.32. The molecule has 0 bridgehead atoms. The molecule has 1 fully saturated rings. The van der Waals surface area contributed by atoms with Crippen LogP contribution in [0.1, 0.15) is 18.5 Å². The molecule has 1 amide bonds. The second-order valence-corrected chi connectivity index (χ2v) is 6.78. The molecule has 0 radical (unpaired) electrons. The van der Waals surface area contributed by atoms with Crippen molar-refractivity contribution in [3.05, 3.63) is 53.6 Å². The van der Waals surface area contributed by atoms with Crippen molar-refractivity contribution in [3.63, 3.8) is 0 Å². The molecule has 2 atom stereocenters. The van der Waals surface area contributed by atoms with Crippen LogP contribution in [0.15, 0.2) is 36.4 Å². The van der Waals surface area contributed by atoms with E-state index >= 15 is 0 Å². The van der Waals surface area contributed by atoms with E-state index in [0.29, 0.717) is 12.2 Å². The maximum atomic E-state index is 14.0. The normalized spacial score (nSPS) is 17.3. The summed E-state index contributed by atoms with van der Waals surface area (Å²) in [6.07, 6.45) is -0.275. The summed E-state index contributed by atoms with van der Waals surface area (Å²) in [4.78, 5) is 13.7. The lowest BCUT2D eigenvalue weighted by molar-refractivity contribution is -0.129. The van der Waals surface area contributed by atoms with Gasteiger partial charge in [-0.3, -0.25) is 4.79 Å². The van der Waals surface area contributed by atoms with E-state index in [9.17, 15) is 13.6 Å². The fraction of sp³-hybridized carbons (Fsp3) is 0.381. The van der Waals surface area contributed by atoms with Crippen LogP contribution in [-0.2, 0) is 9.53 Å². The Kier molecular flexibility index (Phi) is 8.40. The van der Waals surface area contributed by atoms with Crippen LogP contribution in [-0.4, -0.2) is 45.9 Å². The predicted octanol–water partition coefficient (Wildman–Crippen LogP) is 3.49. The van der Waals surface area contributed by atoms with E-state index in [-0.39, 0.29) is 55.1 Å². The number of carbonyl (C=O) groups excluding carboxylic acids is 1. The van der Waals surface area contributed by atoms with Gasteiger partial charge in [0, 0.05) is 24.3 Å². The van der Waals surface area contributed by atoms with Gasteiger partial charge in [0.2, 0.25) is 0 Å². The monoisotopic (exact) mass is 442 g/mol. The van der Waals surface area contributed by atoms with Crippen LogP contribution in [0.5, 0.6) is 11.5 Å². The number of nitrogens with zero attached hydrogens (tertiary/aromatic N) is 1. The number of rotatable bonds is 7. The van der Waals surface area contributed by atoms with Gasteiger partial charge in [0.25, 0.3) is 5.91 Å². The standard InChI is InChI=1S/C21H24F2N2O4.ClH/c1-13(14-4-6-17(22)20(8-14)28-3)24-10-16-11-25(21(26)12-29-16)15-5-7-19(27-2)18(23)9-15;/h4-9,13,16,24H,10-12H2,1-3H3;1H/t13-,16?;/m1./s1. The van der Waals surface area contributed by atoms with Gasteiger partial charge in [-0.15, -0.1) is 12.4 Å². The maximum absolute atomic E-state index is 14.0. The molecule has 0 spiro atoms. The van der Waals surface area contributed by atoms with Crippen LogP contribution >= 0.6 is 12.4 Å². The van der Waals surface area contributed by atoms with Gasteiger partial charge in [-0.1, -0.05) is 6.07 Å². The summed E-state index contributed by atoms with van der Waals surface area (Å²) >= 11 is 0. The fourth-order valence-corrected chi connectivity index (χ4v) is 3.19. The number of nitrogens with one attached hydrogen (secondary N) is 1. The lowest BCUT2D eigenvalue weighted by Crippen LogP contribution is -2.50.